The van der Waals surface area contributed by atoms with E-state index in [4.69, 9.17) is 5.84 Å². The lowest BCUT2D eigenvalue weighted by Crippen LogP contribution is -2.56. The number of nitrogens with two attached hydrogens (primary N) is 1. The Balaban J connectivity index is 1.86. The number of rotatable bonds is 7. The van der Waals surface area contributed by atoms with E-state index in [1.807, 2.05) is 20.8 Å². The van der Waals surface area contributed by atoms with Crippen LogP contribution in [0.4, 0.5) is 38.3 Å². The molecule has 0 radical (unpaired) electrons. The summed E-state index contributed by atoms with van der Waals surface area (Å²) in [5.41, 5.74) is -1.09. The van der Waals surface area contributed by atoms with E-state index in [9.17, 15) is 42.2 Å². The fraction of sp³-hybridized carbons (Fsp3) is 0.536. The van der Waals surface area contributed by atoms with Crippen molar-refractivity contribution in [3.63, 3.8) is 0 Å². The predicted molar refractivity (Wildman–Crippen MR) is 150 cm³/mol. The summed E-state index contributed by atoms with van der Waals surface area (Å²) in [6, 6.07) is -1.29. The molecule has 2 heterocycles. The molecular weight excluding hydrogens is 622 g/mol. The van der Waals surface area contributed by atoms with Gasteiger partial charge in [-0.05, 0) is 60.9 Å². The molecule has 0 spiro atoms. The number of benzene rings is 1. The molecule has 7 nitrogen and oxygen atoms in total. The number of carbonyl (C=O) groups excluding carboxylic acids is 2. The lowest BCUT2D eigenvalue weighted by atomic mass is 9.76. The molecule has 1 aromatic heterocycles. The smallest absolute Gasteiger partial charge is 0.310 e. The molecule has 2 aliphatic rings. The van der Waals surface area contributed by atoms with Gasteiger partial charge in [-0.1, -0.05) is 40.2 Å². The molecular formula is C28H35F8N5O2S. The van der Waals surface area contributed by atoms with Gasteiger partial charge in [-0.25, -0.2) is 18.2 Å². The van der Waals surface area contributed by atoms with Crippen molar-refractivity contribution in [2.24, 2.45) is 17.2 Å². The van der Waals surface area contributed by atoms with Gasteiger partial charge >= 0.3 is 10.2 Å². The fourth-order valence-electron chi connectivity index (χ4n) is 5.91. The third-order valence-corrected chi connectivity index (χ3v) is 9.37. The van der Waals surface area contributed by atoms with Crippen LogP contribution in [0.15, 0.2) is 47.6 Å². The van der Waals surface area contributed by atoms with E-state index < -0.39 is 81.0 Å². The van der Waals surface area contributed by atoms with E-state index in [2.05, 4.69) is 10.3 Å². The Kier molecular flexibility index (Phi) is 8.34. The van der Waals surface area contributed by atoms with Gasteiger partial charge in [-0.2, -0.15) is 0 Å². The monoisotopic (exact) mass is 657 g/mol. The van der Waals surface area contributed by atoms with Gasteiger partial charge in [0.1, 0.15) is 22.8 Å². The van der Waals surface area contributed by atoms with Gasteiger partial charge < -0.3 is 5.32 Å². The zero-order chi connectivity index (χ0) is 32.9. The van der Waals surface area contributed by atoms with Crippen LogP contribution in [0.3, 0.4) is 0 Å². The van der Waals surface area contributed by atoms with Crippen LogP contribution >= 0.6 is 10.2 Å². The third kappa shape index (κ3) is 7.62. The summed E-state index contributed by atoms with van der Waals surface area (Å²) in [7, 11) is -10.1. The van der Waals surface area contributed by atoms with Crippen molar-refractivity contribution in [1.82, 2.24) is 15.3 Å². The van der Waals surface area contributed by atoms with Gasteiger partial charge in [0.2, 0.25) is 17.7 Å². The van der Waals surface area contributed by atoms with E-state index in [0.717, 1.165) is 23.4 Å². The van der Waals surface area contributed by atoms with Crippen molar-refractivity contribution >= 4 is 27.7 Å². The number of carbonyl (C=O) groups is 2. The molecule has 1 aliphatic heterocycles. The average molecular weight is 658 g/mol. The maximum absolute atomic E-state index is 14.5. The number of hydrogen-bond acceptors (Lipinski definition) is 5. The highest BCUT2D eigenvalue weighted by atomic mass is 32.5. The van der Waals surface area contributed by atoms with E-state index >= 15 is 0 Å². The first kappa shape index (κ1) is 33.9. The van der Waals surface area contributed by atoms with Gasteiger partial charge in [0.15, 0.2) is 0 Å². The Morgan fingerprint density at radius 1 is 1.05 bits per heavy atom. The van der Waals surface area contributed by atoms with E-state index in [1.54, 1.807) is 0 Å². The Hall–Kier alpha value is -2.98. The number of aromatic nitrogens is 1. The first-order valence-corrected chi connectivity index (χ1v) is 15.9. The first-order chi connectivity index (χ1) is 20.0. The predicted octanol–water partition coefficient (Wildman–Crippen LogP) is 7.26. The lowest BCUT2D eigenvalue weighted by molar-refractivity contribution is -0.130. The fourth-order valence-corrected chi connectivity index (χ4v) is 6.56. The Morgan fingerprint density at radius 3 is 2.16 bits per heavy atom. The topological polar surface area (TPSA) is 91.6 Å². The maximum atomic E-state index is 14.5. The molecule has 3 atom stereocenters. The molecule has 2 aromatic rings. The minimum atomic E-state index is -10.1. The zero-order valence-corrected chi connectivity index (χ0v) is 25.1. The summed E-state index contributed by atoms with van der Waals surface area (Å²) >= 11 is 0. The number of amides is 2. The second-order valence-corrected chi connectivity index (χ2v) is 15.0. The van der Waals surface area contributed by atoms with Gasteiger partial charge in [0.25, 0.3) is 0 Å². The van der Waals surface area contributed by atoms with Crippen LogP contribution in [0, 0.1) is 17.2 Å². The van der Waals surface area contributed by atoms with Crippen molar-refractivity contribution < 1.29 is 42.2 Å². The molecule has 2 fully saturated rings. The van der Waals surface area contributed by atoms with Crippen molar-refractivity contribution in [2.75, 3.05) is 11.4 Å². The van der Waals surface area contributed by atoms with Crippen molar-refractivity contribution in [2.45, 2.75) is 81.8 Å². The quantitative estimate of drug-likeness (QED) is 0.242. The SMILES string of the molecule is CC(C)(C)C1CCN(N)[C@H]1C(=O)N(c1ccc(S(F)(F)(F)(F)F)cc1)C(C(=O)NC1CCC(F)(F)CC1)c1cncc(F)c1. The van der Waals surface area contributed by atoms with E-state index in [-0.39, 0.29) is 42.8 Å². The molecule has 246 valence electrons. The second kappa shape index (κ2) is 10.8. The number of halogens is 8. The molecule has 44 heavy (non-hydrogen) atoms. The zero-order valence-electron chi connectivity index (χ0n) is 24.3. The number of anilines is 1. The number of pyridine rings is 1. The van der Waals surface area contributed by atoms with Crippen molar-refractivity contribution in [3.8, 4) is 0 Å². The molecule has 1 aromatic carbocycles. The Bertz CT molecular complexity index is 1390. The van der Waals surface area contributed by atoms with Gasteiger partial charge in [-0.3, -0.25) is 25.3 Å². The van der Waals surface area contributed by atoms with Crippen molar-refractivity contribution in [1.29, 1.82) is 0 Å². The summed E-state index contributed by atoms with van der Waals surface area (Å²) in [6.07, 6.45) is 1.10. The first-order valence-electron chi connectivity index (χ1n) is 13.9. The normalized spacial score (nSPS) is 23.8. The summed E-state index contributed by atoms with van der Waals surface area (Å²) in [5.74, 6) is 0.158. The van der Waals surface area contributed by atoms with Crippen LogP contribution < -0.4 is 16.1 Å². The van der Waals surface area contributed by atoms with Gasteiger partial charge in [-0.15, -0.1) is 0 Å². The number of hydrazine groups is 1. The molecule has 16 heteroatoms. The number of hydrogen-bond donors (Lipinski definition) is 2. The maximum Gasteiger partial charge on any atom is 0.310 e. The largest absolute Gasteiger partial charge is 0.351 e. The number of alkyl halides is 2. The van der Waals surface area contributed by atoms with Crippen LogP contribution in [-0.2, 0) is 9.59 Å². The average Bonchev–Trinajstić information content (AvgIpc) is 3.29. The highest BCUT2D eigenvalue weighted by molar-refractivity contribution is 8.45. The summed E-state index contributed by atoms with van der Waals surface area (Å²) in [4.78, 5) is 30.7. The van der Waals surface area contributed by atoms with Gasteiger partial charge in [0, 0.05) is 42.9 Å². The van der Waals surface area contributed by atoms with E-state index in [0.29, 0.717) is 18.6 Å². The highest BCUT2D eigenvalue weighted by Gasteiger charge is 2.65. The molecule has 1 aliphatic carbocycles. The van der Waals surface area contributed by atoms with Crippen LogP contribution in [-0.4, -0.2) is 46.4 Å². The molecule has 2 amide bonds. The van der Waals surface area contributed by atoms with Crippen LogP contribution in [0.2, 0.25) is 0 Å². The van der Waals surface area contributed by atoms with Crippen LogP contribution in [0.25, 0.3) is 0 Å². The van der Waals surface area contributed by atoms with Crippen LogP contribution in [0.5, 0.6) is 0 Å². The summed E-state index contributed by atoms with van der Waals surface area (Å²) in [6.45, 7) is 5.81. The molecule has 4 rings (SSSR count). The summed E-state index contributed by atoms with van der Waals surface area (Å²) < 4.78 is 110. The summed E-state index contributed by atoms with van der Waals surface area (Å²) in [5, 5.41) is 3.85. The standard InChI is InChI=1S/C28H35F8N5O2S/c1-27(2,3)22-10-13-40(37)24(22)26(43)41(20-4-6-21(7-5-20)44(32,33,34,35)36)23(17-14-18(29)16-38-15-17)25(42)39-19-8-11-28(30,31)12-9-19/h4-7,14-16,19,22-24H,8-13,37H2,1-3H3,(H,39,42)/t22?,23?,24-/m1/s1. The third-order valence-electron chi connectivity index (χ3n) is 8.21. The molecule has 1 saturated heterocycles. The molecule has 2 unspecified atom stereocenters. The van der Waals surface area contributed by atoms with E-state index in [1.165, 1.54) is 5.01 Å². The second-order valence-electron chi connectivity index (χ2n) is 12.6. The number of nitrogens with zero attached hydrogens (tertiary/aromatic N) is 3. The van der Waals surface area contributed by atoms with Gasteiger partial charge in [0.05, 0.1) is 6.20 Å². The molecule has 0 bridgehead atoms. The highest BCUT2D eigenvalue weighted by Crippen LogP contribution is 3.02. The van der Waals surface area contributed by atoms with Crippen LogP contribution in [0.1, 0.15) is 64.5 Å². The number of nitrogens with one attached hydrogen (secondary N) is 1. The lowest BCUT2D eigenvalue weighted by Gasteiger charge is -2.41. The Morgan fingerprint density at radius 2 is 1.64 bits per heavy atom. The van der Waals surface area contributed by atoms with Crippen molar-refractivity contribution in [3.05, 3.63) is 54.1 Å². The minimum absolute atomic E-state index is 0.106. The Labute approximate surface area is 249 Å². The molecule has 1 saturated carbocycles. The minimum Gasteiger partial charge on any atom is -0.351 e. The molecule has 3 N–H and O–H groups in total.